The van der Waals surface area contributed by atoms with Crippen LogP contribution < -0.4 is 11.3 Å². The summed E-state index contributed by atoms with van der Waals surface area (Å²) in [5.41, 5.74) is 4.24. The summed E-state index contributed by atoms with van der Waals surface area (Å²) in [4.78, 5) is 0. The first kappa shape index (κ1) is 9.69. The SMILES string of the molecule is CC(C1CC1)C(NN)c1ccccc1. The molecule has 3 N–H and O–H groups in total. The molecule has 1 aliphatic carbocycles. The van der Waals surface area contributed by atoms with Crippen molar-refractivity contribution in [3.05, 3.63) is 35.9 Å². The molecule has 0 heterocycles. The topological polar surface area (TPSA) is 38.0 Å². The Labute approximate surface area is 85.5 Å². The minimum absolute atomic E-state index is 0.309. The zero-order chi connectivity index (χ0) is 9.97. The largest absolute Gasteiger partial charge is 0.271 e. The van der Waals surface area contributed by atoms with Crippen molar-refractivity contribution in [2.75, 3.05) is 0 Å². The van der Waals surface area contributed by atoms with Gasteiger partial charge in [0.15, 0.2) is 0 Å². The number of nitrogens with one attached hydrogen (secondary N) is 1. The Kier molecular flexibility index (Phi) is 2.85. The van der Waals surface area contributed by atoms with Crippen molar-refractivity contribution in [2.45, 2.75) is 25.8 Å². The van der Waals surface area contributed by atoms with Crippen molar-refractivity contribution in [3.63, 3.8) is 0 Å². The molecule has 0 radical (unpaired) electrons. The fourth-order valence-electron chi connectivity index (χ4n) is 2.11. The normalized spacial score (nSPS) is 20.4. The van der Waals surface area contributed by atoms with E-state index in [1.54, 1.807) is 0 Å². The molecule has 0 saturated heterocycles. The number of hydrogen-bond acceptors (Lipinski definition) is 2. The van der Waals surface area contributed by atoms with Gasteiger partial charge in [-0.2, -0.15) is 0 Å². The maximum atomic E-state index is 5.62. The highest BCUT2D eigenvalue weighted by molar-refractivity contribution is 5.19. The number of hydrazine groups is 1. The summed E-state index contributed by atoms with van der Waals surface area (Å²) in [6, 6.07) is 10.8. The second-order valence-electron chi connectivity index (χ2n) is 4.25. The number of benzene rings is 1. The Bertz CT molecular complexity index is 280. The van der Waals surface area contributed by atoms with E-state index < -0.39 is 0 Å². The van der Waals surface area contributed by atoms with Gasteiger partial charge in [0.05, 0.1) is 0 Å². The molecule has 2 atom stereocenters. The molecule has 1 aromatic carbocycles. The molecule has 0 aliphatic heterocycles. The zero-order valence-corrected chi connectivity index (χ0v) is 8.61. The lowest BCUT2D eigenvalue weighted by atomic mass is 9.91. The standard InChI is InChI=1S/C12H18N2/c1-9(10-7-8-10)12(14-13)11-5-3-2-4-6-11/h2-6,9-10,12,14H,7-8,13H2,1H3. The summed E-state index contributed by atoms with van der Waals surface area (Å²) in [7, 11) is 0. The van der Waals surface area contributed by atoms with E-state index in [0.29, 0.717) is 12.0 Å². The summed E-state index contributed by atoms with van der Waals surface area (Å²) in [5, 5.41) is 0. The second kappa shape index (κ2) is 4.11. The molecule has 0 aromatic heterocycles. The molecule has 2 unspecified atom stereocenters. The third kappa shape index (κ3) is 1.97. The van der Waals surface area contributed by atoms with Gasteiger partial charge in [-0.3, -0.25) is 11.3 Å². The quantitative estimate of drug-likeness (QED) is 0.564. The molecule has 1 aromatic rings. The van der Waals surface area contributed by atoms with E-state index >= 15 is 0 Å². The van der Waals surface area contributed by atoms with Crippen molar-refractivity contribution in [2.24, 2.45) is 17.7 Å². The van der Waals surface area contributed by atoms with Gasteiger partial charge in [-0.1, -0.05) is 37.3 Å². The average molecular weight is 190 g/mol. The highest BCUT2D eigenvalue weighted by Gasteiger charge is 2.33. The molecule has 1 aliphatic rings. The Hall–Kier alpha value is -0.860. The van der Waals surface area contributed by atoms with Crippen molar-refractivity contribution in [1.29, 1.82) is 0 Å². The first-order valence-corrected chi connectivity index (χ1v) is 5.34. The summed E-state index contributed by atoms with van der Waals surface area (Å²) in [5.74, 6) is 7.13. The Morgan fingerprint density at radius 1 is 1.29 bits per heavy atom. The maximum absolute atomic E-state index is 5.62. The molecule has 0 bridgehead atoms. The van der Waals surface area contributed by atoms with Crippen molar-refractivity contribution in [1.82, 2.24) is 5.43 Å². The van der Waals surface area contributed by atoms with Gasteiger partial charge in [0.1, 0.15) is 0 Å². The van der Waals surface area contributed by atoms with Gasteiger partial charge in [0.2, 0.25) is 0 Å². The predicted octanol–water partition coefficient (Wildman–Crippen LogP) is 2.24. The van der Waals surface area contributed by atoms with E-state index in [2.05, 4.69) is 36.6 Å². The molecule has 2 nitrogen and oxygen atoms in total. The minimum atomic E-state index is 0.309. The maximum Gasteiger partial charge on any atom is 0.0488 e. The fraction of sp³-hybridized carbons (Fsp3) is 0.500. The Morgan fingerprint density at radius 2 is 1.93 bits per heavy atom. The first-order valence-electron chi connectivity index (χ1n) is 5.34. The first-order chi connectivity index (χ1) is 6.83. The van der Waals surface area contributed by atoms with Crippen LogP contribution in [-0.4, -0.2) is 0 Å². The second-order valence-corrected chi connectivity index (χ2v) is 4.25. The molecule has 0 amide bonds. The van der Waals surface area contributed by atoms with E-state index in [9.17, 15) is 0 Å². The molecular weight excluding hydrogens is 172 g/mol. The smallest absolute Gasteiger partial charge is 0.0488 e. The van der Waals surface area contributed by atoms with Crippen LogP contribution in [0, 0.1) is 11.8 Å². The predicted molar refractivity (Wildman–Crippen MR) is 58.4 cm³/mol. The highest BCUT2D eigenvalue weighted by atomic mass is 15.2. The highest BCUT2D eigenvalue weighted by Crippen LogP contribution is 2.42. The zero-order valence-electron chi connectivity index (χ0n) is 8.61. The third-order valence-electron chi connectivity index (χ3n) is 3.23. The van der Waals surface area contributed by atoms with Crippen LogP contribution in [0.15, 0.2) is 30.3 Å². The van der Waals surface area contributed by atoms with E-state index in [4.69, 9.17) is 5.84 Å². The van der Waals surface area contributed by atoms with Gasteiger partial charge in [-0.25, -0.2) is 0 Å². The van der Waals surface area contributed by atoms with Crippen LogP contribution in [0.25, 0.3) is 0 Å². The Balaban J connectivity index is 2.12. The molecule has 2 rings (SSSR count). The van der Waals surface area contributed by atoms with Gasteiger partial charge >= 0.3 is 0 Å². The van der Waals surface area contributed by atoms with Crippen LogP contribution in [0.2, 0.25) is 0 Å². The molecule has 14 heavy (non-hydrogen) atoms. The van der Waals surface area contributed by atoms with Crippen molar-refractivity contribution >= 4 is 0 Å². The number of hydrogen-bond donors (Lipinski definition) is 2. The van der Waals surface area contributed by atoms with E-state index in [1.165, 1.54) is 18.4 Å². The number of rotatable bonds is 4. The summed E-state index contributed by atoms with van der Waals surface area (Å²) in [6.07, 6.45) is 2.73. The lowest BCUT2D eigenvalue weighted by Gasteiger charge is -2.23. The molecule has 76 valence electrons. The van der Waals surface area contributed by atoms with Crippen LogP contribution in [-0.2, 0) is 0 Å². The van der Waals surface area contributed by atoms with Gasteiger partial charge in [0.25, 0.3) is 0 Å². The Morgan fingerprint density at radius 3 is 2.43 bits per heavy atom. The van der Waals surface area contributed by atoms with E-state index in [0.717, 1.165) is 5.92 Å². The van der Waals surface area contributed by atoms with Crippen LogP contribution in [0.4, 0.5) is 0 Å². The molecule has 0 spiro atoms. The lowest BCUT2D eigenvalue weighted by Crippen LogP contribution is -2.33. The van der Waals surface area contributed by atoms with Crippen LogP contribution in [0.5, 0.6) is 0 Å². The summed E-state index contributed by atoms with van der Waals surface area (Å²) >= 11 is 0. The molecule has 1 saturated carbocycles. The lowest BCUT2D eigenvalue weighted by molar-refractivity contribution is 0.354. The summed E-state index contributed by atoms with van der Waals surface area (Å²) in [6.45, 7) is 2.29. The van der Waals surface area contributed by atoms with E-state index in [-0.39, 0.29) is 0 Å². The van der Waals surface area contributed by atoms with Gasteiger partial charge in [-0.15, -0.1) is 0 Å². The number of nitrogens with two attached hydrogens (primary N) is 1. The van der Waals surface area contributed by atoms with Crippen LogP contribution in [0.1, 0.15) is 31.4 Å². The fourth-order valence-corrected chi connectivity index (χ4v) is 2.11. The molecule has 1 fully saturated rings. The minimum Gasteiger partial charge on any atom is -0.271 e. The van der Waals surface area contributed by atoms with Gasteiger partial charge in [-0.05, 0) is 30.2 Å². The molecular formula is C12H18N2. The third-order valence-corrected chi connectivity index (χ3v) is 3.23. The van der Waals surface area contributed by atoms with Gasteiger partial charge in [0, 0.05) is 6.04 Å². The van der Waals surface area contributed by atoms with Gasteiger partial charge < -0.3 is 0 Å². The molecule has 2 heteroatoms. The van der Waals surface area contributed by atoms with E-state index in [1.807, 2.05) is 6.07 Å². The monoisotopic (exact) mass is 190 g/mol. The van der Waals surface area contributed by atoms with Crippen LogP contribution >= 0.6 is 0 Å². The van der Waals surface area contributed by atoms with Crippen molar-refractivity contribution in [3.8, 4) is 0 Å². The summed E-state index contributed by atoms with van der Waals surface area (Å²) < 4.78 is 0. The van der Waals surface area contributed by atoms with Crippen LogP contribution in [0.3, 0.4) is 0 Å². The van der Waals surface area contributed by atoms with Crippen molar-refractivity contribution < 1.29 is 0 Å². The average Bonchev–Trinajstić information content (AvgIpc) is 3.03.